The van der Waals surface area contributed by atoms with E-state index in [1.807, 2.05) is 40.7 Å². The molecule has 4 nitrogen and oxygen atoms in total. The Kier molecular flexibility index (Phi) is 6.70. The predicted molar refractivity (Wildman–Crippen MR) is 90.3 cm³/mol. The third-order valence-corrected chi connectivity index (χ3v) is 3.91. The van der Waals surface area contributed by atoms with Gasteiger partial charge in [0.25, 0.3) is 0 Å². The summed E-state index contributed by atoms with van der Waals surface area (Å²) in [5.74, 6) is 0.566. The number of nitrogens with zero attached hydrogens (tertiary/aromatic N) is 1. The zero-order chi connectivity index (χ0) is 16.9. The molecule has 0 amide bonds. The van der Waals surface area contributed by atoms with Gasteiger partial charge in [0.1, 0.15) is 0 Å². The van der Waals surface area contributed by atoms with E-state index in [4.69, 9.17) is 9.47 Å². The van der Waals surface area contributed by atoms with Crippen LogP contribution in [0, 0.1) is 16.7 Å². The molecule has 5 heteroatoms. The molecule has 0 aliphatic carbocycles. The minimum absolute atomic E-state index is 0.392. The van der Waals surface area contributed by atoms with Crippen molar-refractivity contribution >= 4 is 15.9 Å². The second-order valence-corrected chi connectivity index (χ2v) is 6.97. The number of benzene rings is 1. The lowest BCUT2D eigenvalue weighted by molar-refractivity contribution is 0.0526. The quantitative estimate of drug-likeness (QED) is 0.813. The first kappa shape index (κ1) is 18.8. The van der Waals surface area contributed by atoms with Crippen LogP contribution in [0.5, 0.6) is 11.5 Å². The van der Waals surface area contributed by atoms with Crippen molar-refractivity contribution in [3.8, 4) is 17.6 Å². The molecular formula is C17H24BrNO3. The summed E-state index contributed by atoms with van der Waals surface area (Å²) < 4.78 is 11.9. The fourth-order valence-electron chi connectivity index (χ4n) is 2.14. The van der Waals surface area contributed by atoms with Crippen molar-refractivity contribution in [1.29, 1.82) is 5.26 Å². The summed E-state index contributed by atoms with van der Waals surface area (Å²) >= 11 is 3.47. The van der Waals surface area contributed by atoms with Gasteiger partial charge in [-0.2, -0.15) is 5.26 Å². The van der Waals surface area contributed by atoms with E-state index in [9.17, 15) is 10.4 Å². The molecule has 0 saturated heterocycles. The second kappa shape index (κ2) is 7.85. The summed E-state index contributed by atoms with van der Waals surface area (Å²) in [4.78, 5) is 0. The summed E-state index contributed by atoms with van der Waals surface area (Å²) in [6.07, 6.45) is -0.781. The maximum Gasteiger partial charge on any atom is 0.175 e. The van der Waals surface area contributed by atoms with Crippen LogP contribution in [0.4, 0.5) is 0 Å². The average molecular weight is 370 g/mol. The van der Waals surface area contributed by atoms with Crippen LogP contribution in [-0.2, 0) is 0 Å². The molecule has 0 aliphatic rings. The molecule has 1 rings (SSSR count). The van der Waals surface area contributed by atoms with Gasteiger partial charge >= 0.3 is 0 Å². The maximum absolute atomic E-state index is 10.5. The van der Waals surface area contributed by atoms with Gasteiger partial charge in [-0.25, -0.2) is 0 Å². The van der Waals surface area contributed by atoms with Crippen LogP contribution < -0.4 is 9.47 Å². The van der Waals surface area contributed by atoms with E-state index in [0.29, 0.717) is 30.3 Å². The van der Waals surface area contributed by atoms with Gasteiger partial charge in [0.2, 0.25) is 0 Å². The smallest absolute Gasteiger partial charge is 0.175 e. The number of hydrogen-bond acceptors (Lipinski definition) is 4. The summed E-state index contributed by atoms with van der Waals surface area (Å²) in [7, 11) is 0. The van der Waals surface area contributed by atoms with Crippen molar-refractivity contribution in [3.05, 3.63) is 22.2 Å². The molecule has 122 valence electrons. The lowest BCUT2D eigenvalue weighted by Gasteiger charge is -2.30. The van der Waals surface area contributed by atoms with Crippen LogP contribution >= 0.6 is 15.9 Å². The Labute approximate surface area is 141 Å². The molecule has 2 atom stereocenters. The molecule has 0 aromatic heterocycles. The average Bonchev–Trinajstić information content (AvgIpc) is 2.42. The van der Waals surface area contributed by atoms with E-state index < -0.39 is 17.4 Å². The molecule has 22 heavy (non-hydrogen) atoms. The van der Waals surface area contributed by atoms with E-state index in [1.54, 1.807) is 6.07 Å². The molecule has 0 fully saturated rings. The summed E-state index contributed by atoms with van der Waals surface area (Å²) in [6, 6.07) is 5.80. The predicted octanol–water partition coefficient (Wildman–Crippen LogP) is 4.26. The van der Waals surface area contributed by atoms with Crippen molar-refractivity contribution in [3.63, 3.8) is 0 Å². The fourth-order valence-corrected chi connectivity index (χ4v) is 2.72. The molecule has 0 spiro atoms. The molecule has 2 unspecified atom stereocenters. The molecule has 1 aromatic carbocycles. The van der Waals surface area contributed by atoms with Gasteiger partial charge < -0.3 is 14.6 Å². The van der Waals surface area contributed by atoms with Crippen LogP contribution in [0.15, 0.2) is 16.6 Å². The minimum atomic E-state index is -0.781. The van der Waals surface area contributed by atoms with Crippen molar-refractivity contribution in [2.75, 3.05) is 13.2 Å². The topological polar surface area (TPSA) is 62.5 Å². The summed E-state index contributed by atoms with van der Waals surface area (Å²) in [6.45, 7) is 10.5. The minimum Gasteiger partial charge on any atom is -0.490 e. The SMILES string of the molecule is CCOc1cc(C(C#N)C(O)C(C)(C)C)cc(Br)c1OCC. The Balaban J connectivity index is 3.32. The Morgan fingerprint density at radius 2 is 1.82 bits per heavy atom. The third kappa shape index (κ3) is 4.37. The van der Waals surface area contributed by atoms with Gasteiger partial charge in [-0.3, -0.25) is 0 Å². The van der Waals surface area contributed by atoms with E-state index >= 15 is 0 Å². The van der Waals surface area contributed by atoms with E-state index in [2.05, 4.69) is 22.0 Å². The van der Waals surface area contributed by atoms with Crippen molar-refractivity contribution < 1.29 is 14.6 Å². The van der Waals surface area contributed by atoms with Crippen molar-refractivity contribution in [2.45, 2.75) is 46.6 Å². The number of hydrogen-bond donors (Lipinski definition) is 1. The zero-order valence-corrected chi connectivity index (χ0v) is 15.4. The molecule has 0 bridgehead atoms. The Bertz CT molecular complexity index is 546. The monoisotopic (exact) mass is 369 g/mol. The molecule has 0 heterocycles. The first-order valence-electron chi connectivity index (χ1n) is 7.42. The van der Waals surface area contributed by atoms with E-state index in [1.165, 1.54) is 0 Å². The van der Waals surface area contributed by atoms with E-state index in [0.717, 1.165) is 4.47 Å². The fraction of sp³-hybridized carbons (Fsp3) is 0.588. The highest BCUT2D eigenvalue weighted by molar-refractivity contribution is 9.10. The maximum atomic E-state index is 10.5. The van der Waals surface area contributed by atoms with Gasteiger partial charge in [0.15, 0.2) is 11.5 Å². The molecule has 1 N–H and O–H groups in total. The molecule has 1 aromatic rings. The first-order chi connectivity index (χ1) is 10.3. The van der Waals surface area contributed by atoms with Gasteiger partial charge in [-0.05, 0) is 52.9 Å². The number of aliphatic hydroxyl groups excluding tert-OH is 1. The Hall–Kier alpha value is -1.25. The Morgan fingerprint density at radius 3 is 2.27 bits per heavy atom. The van der Waals surface area contributed by atoms with Gasteiger partial charge in [-0.1, -0.05) is 20.8 Å². The normalized spacial score (nSPS) is 14.1. The molecule has 0 saturated carbocycles. The summed E-state index contributed by atoms with van der Waals surface area (Å²) in [5.41, 5.74) is 0.320. The van der Waals surface area contributed by atoms with Crippen LogP contribution in [0.3, 0.4) is 0 Å². The zero-order valence-electron chi connectivity index (χ0n) is 13.8. The van der Waals surface area contributed by atoms with Gasteiger partial charge in [0.05, 0.1) is 35.8 Å². The van der Waals surface area contributed by atoms with Crippen LogP contribution in [0.2, 0.25) is 0 Å². The molecule has 0 radical (unpaired) electrons. The highest BCUT2D eigenvalue weighted by Gasteiger charge is 2.32. The lowest BCUT2D eigenvalue weighted by Crippen LogP contribution is -2.31. The highest BCUT2D eigenvalue weighted by atomic mass is 79.9. The number of aliphatic hydroxyl groups is 1. The van der Waals surface area contributed by atoms with Crippen LogP contribution in [0.1, 0.15) is 46.1 Å². The van der Waals surface area contributed by atoms with Crippen LogP contribution in [0.25, 0.3) is 0 Å². The van der Waals surface area contributed by atoms with Gasteiger partial charge in [-0.15, -0.1) is 0 Å². The van der Waals surface area contributed by atoms with Gasteiger partial charge in [0, 0.05) is 0 Å². The van der Waals surface area contributed by atoms with Crippen molar-refractivity contribution in [2.24, 2.45) is 5.41 Å². The largest absolute Gasteiger partial charge is 0.490 e. The standard InChI is InChI=1S/C17H24BrNO3/c1-6-21-14-9-11(8-13(18)15(14)22-7-2)12(10-19)16(20)17(3,4)5/h8-9,12,16,20H,6-7H2,1-5H3. The molecule has 0 aliphatic heterocycles. The number of ether oxygens (including phenoxy) is 2. The Morgan fingerprint density at radius 1 is 1.23 bits per heavy atom. The highest BCUT2D eigenvalue weighted by Crippen LogP contribution is 2.41. The number of rotatable bonds is 6. The summed E-state index contributed by atoms with van der Waals surface area (Å²) in [5, 5.41) is 20.0. The first-order valence-corrected chi connectivity index (χ1v) is 8.22. The van der Waals surface area contributed by atoms with Crippen LogP contribution in [-0.4, -0.2) is 24.4 Å². The number of halogens is 1. The second-order valence-electron chi connectivity index (χ2n) is 6.11. The molecular weight excluding hydrogens is 346 g/mol. The van der Waals surface area contributed by atoms with Crippen molar-refractivity contribution in [1.82, 2.24) is 0 Å². The van der Waals surface area contributed by atoms with E-state index in [-0.39, 0.29) is 0 Å². The third-order valence-electron chi connectivity index (χ3n) is 3.32. The number of nitriles is 1. The lowest BCUT2D eigenvalue weighted by atomic mass is 9.79.